The van der Waals surface area contributed by atoms with E-state index in [1.807, 2.05) is 0 Å². The lowest BCUT2D eigenvalue weighted by atomic mass is 10.1. The number of hydrogen-bond acceptors (Lipinski definition) is 3. The molecular formula is C15H12Cl2FNO2. The second kappa shape index (κ2) is 6.78. The van der Waals surface area contributed by atoms with Crippen LogP contribution in [0.15, 0.2) is 41.6 Å². The monoisotopic (exact) mass is 327 g/mol. The summed E-state index contributed by atoms with van der Waals surface area (Å²) in [6, 6.07) is 9.07. The number of ether oxygens (including phenoxy) is 1. The molecule has 2 aromatic carbocycles. The minimum absolute atomic E-state index is 0.188. The average molecular weight is 328 g/mol. The van der Waals surface area contributed by atoms with Crippen molar-refractivity contribution >= 4 is 28.9 Å². The standard InChI is InChI=1S/C15H12Cl2FNO2/c1-9(19-20)13-7-12(18)4-5-15(13)21-8-10-2-3-11(16)6-14(10)17/h2-7,20H,8H2,1H3/b19-9-. The maximum atomic E-state index is 13.3. The summed E-state index contributed by atoms with van der Waals surface area (Å²) in [5, 5.41) is 12.9. The topological polar surface area (TPSA) is 41.8 Å². The zero-order valence-corrected chi connectivity index (χ0v) is 12.6. The Morgan fingerprint density at radius 2 is 2.00 bits per heavy atom. The molecule has 0 fully saturated rings. The van der Waals surface area contributed by atoms with E-state index in [2.05, 4.69) is 5.16 Å². The molecule has 0 radical (unpaired) electrons. The summed E-state index contributed by atoms with van der Waals surface area (Å²) < 4.78 is 18.9. The van der Waals surface area contributed by atoms with Gasteiger partial charge in [0.15, 0.2) is 0 Å². The largest absolute Gasteiger partial charge is 0.488 e. The van der Waals surface area contributed by atoms with Crippen LogP contribution in [0.3, 0.4) is 0 Å². The first-order chi connectivity index (χ1) is 10.0. The molecule has 1 N–H and O–H groups in total. The lowest BCUT2D eigenvalue weighted by Crippen LogP contribution is -2.03. The van der Waals surface area contributed by atoms with E-state index in [4.69, 9.17) is 33.1 Å². The van der Waals surface area contributed by atoms with Crippen molar-refractivity contribution in [2.75, 3.05) is 0 Å². The van der Waals surface area contributed by atoms with Crippen LogP contribution in [0.2, 0.25) is 10.0 Å². The third kappa shape index (κ3) is 3.86. The molecule has 0 aromatic heterocycles. The summed E-state index contributed by atoms with van der Waals surface area (Å²) in [4.78, 5) is 0. The summed E-state index contributed by atoms with van der Waals surface area (Å²) in [5.74, 6) is -0.0393. The molecule has 2 aromatic rings. The average Bonchev–Trinajstić information content (AvgIpc) is 2.46. The maximum absolute atomic E-state index is 13.3. The quantitative estimate of drug-likeness (QED) is 0.492. The number of rotatable bonds is 4. The van der Waals surface area contributed by atoms with Crippen molar-refractivity contribution in [2.45, 2.75) is 13.5 Å². The van der Waals surface area contributed by atoms with Crippen molar-refractivity contribution in [3.63, 3.8) is 0 Å². The zero-order valence-electron chi connectivity index (χ0n) is 11.1. The van der Waals surface area contributed by atoms with Crippen LogP contribution in [0.5, 0.6) is 5.75 Å². The molecule has 0 aliphatic heterocycles. The summed E-state index contributed by atoms with van der Waals surface area (Å²) in [6.45, 7) is 1.74. The molecule has 0 spiro atoms. The van der Waals surface area contributed by atoms with Crippen LogP contribution in [-0.2, 0) is 6.61 Å². The highest BCUT2D eigenvalue weighted by atomic mass is 35.5. The lowest BCUT2D eigenvalue weighted by molar-refractivity contribution is 0.303. The van der Waals surface area contributed by atoms with Gasteiger partial charge in [0.2, 0.25) is 0 Å². The molecule has 3 nitrogen and oxygen atoms in total. The number of benzene rings is 2. The maximum Gasteiger partial charge on any atom is 0.129 e. The summed E-state index contributed by atoms with van der Waals surface area (Å²) >= 11 is 11.9. The third-order valence-electron chi connectivity index (χ3n) is 2.88. The Labute approximate surface area is 131 Å². The molecule has 0 aliphatic carbocycles. The van der Waals surface area contributed by atoms with E-state index in [9.17, 15) is 4.39 Å². The number of halogens is 3. The van der Waals surface area contributed by atoms with Crippen molar-refractivity contribution in [2.24, 2.45) is 5.16 Å². The molecule has 0 amide bonds. The molecule has 110 valence electrons. The smallest absolute Gasteiger partial charge is 0.129 e. The highest BCUT2D eigenvalue weighted by Gasteiger charge is 2.10. The first kappa shape index (κ1) is 15.6. The molecule has 0 aliphatic rings. The zero-order chi connectivity index (χ0) is 15.4. The van der Waals surface area contributed by atoms with Gasteiger partial charge in [0, 0.05) is 21.2 Å². The summed E-state index contributed by atoms with van der Waals surface area (Å²) in [6.07, 6.45) is 0. The Morgan fingerprint density at radius 1 is 1.24 bits per heavy atom. The molecule has 2 rings (SSSR count). The van der Waals surface area contributed by atoms with Gasteiger partial charge in [-0.15, -0.1) is 0 Å². The Bertz CT molecular complexity index is 689. The highest BCUT2D eigenvalue weighted by Crippen LogP contribution is 2.25. The van der Waals surface area contributed by atoms with E-state index in [0.29, 0.717) is 21.4 Å². The number of hydrogen-bond donors (Lipinski definition) is 1. The van der Waals surface area contributed by atoms with E-state index in [1.165, 1.54) is 18.2 Å². The van der Waals surface area contributed by atoms with Gasteiger partial charge in [0.25, 0.3) is 0 Å². The molecule has 0 bridgehead atoms. The van der Waals surface area contributed by atoms with Crippen LogP contribution >= 0.6 is 23.2 Å². The number of nitrogens with zero attached hydrogens (tertiary/aromatic N) is 1. The molecule has 0 saturated heterocycles. The minimum atomic E-state index is -0.440. The molecule has 6 heteroatoms. The summed E-state index contributed by atoms with van der Waals surface area (Å²) in [7, 11) is 0. The Kier molecular flexibility index (Phi) is 5.04. The van der Waals surface area contributed by atoms with Crippen molar-refractivity contribution in [3.8, 4) is 5.75 Å². The van der Waals surface area contributed by atoms with Gasteiger partial charge in [-0.05, 0) is 37.3 Å². The third-order valence-corrected chi connectivity index (χ3v) is 3.47. The van der Waals surface area contributed by atoms with Crippen LogP contribution in [-0.4, -0.2) is 10.9 Å². The van der Waals surface area contributed by atoms with Crippen molar-refractivity contribution in [1.29, 1.82) is 0 Å². The van der Waals surface area contributed by atoms with Gasteiger partial charge in [-0.3, -0.25) is 0 Å². The summed E-state index contributed by atoms with van der Waals surface area (Å²) in [5.41, 5.74) is 1.38. The van der Waals surface area contributed by atoms with Crippen molar-refractivity contribution < 1.29 is 14.3 Å². The molecule has 0 saturated carbocycles. The second-order valence-electron chi connectivity index (χ2n) is 4.35. The molecule has 0 atom stereocenters. The SMILES string of the molecule is C/C(=N/O)c1cc(F)ccc1OCc1ccc(Cl)cc1Cl. The number of oxime groups is 1. The van der Waals surface area contributed by atoms with Crippen LogP contribution < -0.4 is 4.74 Å². The van der Waals surface area contributed by atoms with E-state index in [-0.39, 0.29) is 12.3 Å². The fourth-order valence-corrected chi connectivity index (χ4v) is 2.22. The molecule has 21 heavy (non-hydrogen) atoms. The van der Waals surface area contributed by atoms with Gasteiger partial charge in [0.05, 0.1) is 5.71 Å². The predicted octanol–water partition coefficient (Wildman–Crippen LogP) is 4.91. The van der Waals surface area contributed by atoms with Crippen LogP contribution in [0.4, 0.5) is 4.39 Å². The lowest BCUT2D eigenvalue weighted by Gasteiger charge is -2.12. The highest BCUT2D eigenvalue weighted by molar-refractivity contribution is 6.35. The van der Waals surface area contributed by atoms with Gasteiger partial charge >= 0.3 is 0 Å². The van der Waals surface area contributed by atoms with E-state index >= 15 is 0 Å². The second-order valence-corrected chi connectivity index (χ2v) is 5.19. The Hall–Kier alpha value is -1.78. The van der Waals surface area contributed by atoms with Crippen molar-refractivity contribution in [1.82, 2.24) is 0 Å². The van der Waals surface area contributed by atoms with Crippen LogP contribution in [0.25, 0.3) is 0 Å². The van der Waals surface area contributed by atoms with Gasteiger partial charge in [-0.1, -0.05) is 34.4 Å². The van der Waals surface area contributed by atoms with Crippen molar-refractivity contribution in [3.05, 3.63) is 63.4 Å². The Balaban J connectivity index is 2.24. The first-order valence-electron chi connectivity index (χ1n) is 6.06. The molecule has 0 heterocycles. The van der Waals surface area contributed by atoms with E-state index in [0.717, 1.165) is 5.56 Å². The Morgan fingerprint density at radius 3 is 2.67 bits per heavy atom. The van der Waals surface area contributed by atoms with Crippen LogP contribution in [0, 0.1) is 5.82 Å². The van der Waals surface area contributed by atoms with Gasteiger partial charge in [0.1, 0.15) is 18.2 Å². The predicted molar refractivity (Wildman–Crippen MR) is 81.2 cm³/mol. The van der Waals surface area contributed by atoms with Gasteiger partial charge in [-0.2, -0.15) is 0 Å². The fraction of sp³-hybridized carbons (Fsp3) is 0.133. The van der Waals surface area contributed by atoms with Gasteiger partial charge < -0.3 is 9.94 Å². The normalized spacial score (nSPS) is 11.5. The molecular weight excluding hydrogens is 316 g/mol. The van der Waals surface area contributed by atoms with E-state index in [1.54, 1.807) is 25.1 Å². The van der Waals surface area contributed by atoms with Gasteiger partial charge in [-0.25, -0.2) is 4.39 Å². The minimum Gasteiger partial charge on any atom is -0.488 e. The fourth-order valence-electron chi connectivity index (χ4n) is 1.76. The van der Waals surface area contributed by atoms with E-state index < -0.39 is 5.82 Å². The van der Waals surface area contributed by atoms with Crippen LogP contribution in [0.1, 0.15) is 18.1 Å². The molecule has 0 unspecified atom stereocenters. The first-order valence-corrected chi connectivity index (χ1v) is 6.82.